The van der Waals surface area contributed by atoms with Crippen molar-refractivity contribution < 1.29 is 22.6 Å². The number of rotatable bonds is 1. The number of pyridine rings is 1. The minimum absolute atomic E-state index is 0.0746. The zero-order chi connectivity index (χ0) is 30.7. The highest BCUT2D eigenvalue weighted by Gasteiger charge is 2.45. The molecule has 0 radical (unpaired) electrons. The van der Waals surface area contributed by atoms with Crippen molar-refractivity contribution in [2.75, 3.05) is 44.8 Å². The Balaban J connectivity index is 1.39. The summed E-state index contributed by atoms with van der Waals surface area (Å²) < 4.78 is 61.0. The summed E-state index contributed by atoms with van der Waals surface area (Å²) in [5.74, 6) is -4.54. The van der Waals surface area contributed by atoms with Crippen LogP contribution in [0.15, 0.2) is 35.5 Å². The normalized spacial score (nSPS) is 25.5. The highest BCUT2D eigenvalue weighted by molar-refractivity contribution is 5.92. The van der Waals surface area contributed by atoms with Crippen LogP contribution >= 0.6 is 0 Å². The number of ether oxygens (including phenoxy) is 2. The van der Waals surface area contributed by atoms with Gasteiger partial charge in [-0.05, 0) is 65.1 Å². The number of nitrogens with one attached hydrogen (secondary N) is 1. The predicted octanol–water partition coefficient (Wildman–Crippen LogP) is 6.60. The van der Waals surface area contributed by atoms with Gasteiger partial charge >= 0.3 is 0 Å². The van der Waals surface area contributed by atoms with Crippen LogP contribution in [0.5, 0.6) is 5.75 Å². The Morgan fingerprint density at radius 1 is 0.955 bits per heavy atom. The van der Waals surface area contributed by atoms with Crippen LogP contribution in [0.25, 0.3) is 10.9 Å². The summed E-state index contributed by atoms with van der Waals surface area (Å²) in [6, 6.07) is 3.47. The summed E-state index contributed by atoms with van der Waals surface area (Å²) >= 11 is 0. The summed E-state index contributed by atoms with van der Waals surface area (Å²) in [5, 5.41) is 3.79. The van der Waals surface area contributed by atoms with Crippen molar-refractivity contribution in [1.82, 2.24) is 19.4 Å². The van der Waals surface area contributed by atoms with Gasteiger partial charge in [0.1, 0.15) is 23.5 Å². The Morgan fingerprint density at radius 2 is 1.70 bits per heavy atom. The molecule has 4 aliphatic heterocycles. The SMILES string of the molecule is C[C@H]1Nc2ncnc3c(c(=O)n(C4CCOCC4)cc23)OCCCCCCCN2CCC(CC2)C(F)(F)c2cccc1c2F. The van der Waals surface area contributed by atoms with Crippen LogP contribution in [-0.4, -0.2) is 58.9 Å². The number of fused-ring (bicyclic) bond motifs is 10. The molecule has 0 saturated carbocycles. The fourth-order valence-electron chi connectivity index (χ4n) is 6.90. The smallest absolute Gasteiger partial charge is 0.295 e. The first-order valence-corrected chi connectivity index (χ1v) is 16.1. The Hall–Kier alpha value is -3.18. The van der Waals surface area contributed by atoms with Crippen molar-refractivity contribution in [3.63, 3.8) is 0 Å². The molecule has 8 nitrogen and oxygen atoms in total. The molecule has 2 aromatic heterocycles. The van der Waals surface area contributed by atoms with Gasteiger partial charge in [-0.2, -0.15) is 0 Å². The van der Waals surface area contributed by atoms with Crippen LogP contribution in [0.1, 0.15) is 87.9 Å². The van der Waals surface area contributed by atoms with Gasteiger partial charge in [-0.3, -0.25) is 4.79 Å². The average molecular weight is 614 g/mol. The average Bonchev–Trinajstić information content (AvgIpc) is 3.03. The van der Waals surface area contributed by atoms with Crippen molar-refractivity contribution in [2.24, 2.45) is 5.92 Å². The number of aromatic nitrogens is 3. The first-order chi connectivity index (χ1) is 21.3. The monoisotopic (exact) mass is 613 g/mol. The first-order valence-electron chi connectivity index (χ1n) is 16.1. The number of nitrogens with zero attached hydrogens (tertiary/aromatic N) is 4. The molecule has 8 bridgehead atoms. The predicted molar refractivity (Wildman–Crippen MR) is 163 cm³/mol. The van der Waals surface area contributed by atoms with Gasteiger partial charge in [0.2, 0.25) is 5.75 Å². The Bertz CT molecular complexity index is 1500. The Kier molecular flexibility index (Phi) is 9.42. The minimum Gasteiger partial charge on any atom is -0.486 e. The number of benzene rings is 1. The highest BCUT2D eigenvalue weighted by atomic mass is 19.3. The highest BCUT2D eigenvalue weighted by Crippen LogP contribution is 2.44. The Morgan fingerprint density at radius 3 is 2.50 bits per heavy atom. The number of hydrogen-bond acceptors (Lipinski definition) is 7. The molecule has 1 N–H and O–H groups in total. The molecular formula is C33H42F3N5O3. The number of piperidine rings is 1. The molecule has 44 heavy (non-hydrogen) atoms. The van der Waals surface area contributed by atoms with Crippen molar-refractivity contribution in [3.05, 3.63) is 58.0 Å². The van der Waals surface area contributed by atoms with Gasteiger partial charge in [0.15, 0.2) is 0 Å². The zero-order valence-corrected chi connectivity index (χ0v) is 25.4. The number of halogens is 3. The molecule has 7 rings (SSSR count). The van der Waals surface area contributed by atoms with E-state index < -0.39 is 29.3 Å². The summed E-state index contributed by atoms with van der Waals surface area (Å²) in [6.07, 6.45) is 9.97. The fourth-order valence-corrected chi connectivity index (χ4v) is 6.90. The summed E-state index contributed by atoms with van der Waals surface area (Å²) in [7, 11) is 0. The molecule has 0 amide bonds. The van der Waals surface area contributed by atoms with E-state index in [9.17, 15) is 4.79 Å². The third-order valence-corrected chi connectivity index (χ3v) is 9.55. The molecule has 1 aromatic carbocycles. The van der Waals surface area contributed by atoms with Crippen LogP contribution in [-0.2, 0) is 10.7 Å². The minimum atomic E-state index is -3.28. The van der Waals surface area contributed by atoms with Crippen LogP contribution in [0.2, 0.25) is 0 Å². The number of anilines is 1. The third kappa shape index (κ3) is 6.31. The molecule has 3 aromatic rings. The maximum Gasteiger partial charge on any atom is 0.295 e. The van der Waals surface area contributed by atoms with Gasteiger partial charge in [-0.15, -0.1) is 0 Å². The molecule has 4 aliphatic rings. The number of hydrogen-bond donors (Lipinski definition) is 1. The van der Waals surface area contributed by atoms with Gasteiger partial charge in [0, 0.05) is 36.9 Å². The maximum absolute atomic E-state index is 16.0. The van der Waals surface area contributed by atoms with E-state index >= 15 is 13.2 Å². The molecule has 0 spiro atoms. The summed E-state index contributed by atoms with van der Waals surface area (Å²) in [4.78, 5) is 24.9. The van der Waals surface area contributed by atoms with Crippen molar-refractivity contribution >= 4 is 16.7 Å². The van der Waals surface area contributed by atoms with Crippen molar-refractivity contribution in [2.45, 2.75) is 82.7 Å². The molecule has 1 atom stereocenters. The molecule has 11 heteroatoms. The van der Waals surface area contributed by atoms with Crippen LogP contribution in [0, 0.1) is 11.7 Å². The lowest BCUT2D eigenvalue weighted by atomic mass is 9.85. The Labute approximate surface area is 256 Å². The molecule has 0 aliphatic carbocycles. The van der Waals surface area contributed by atoms with Crippen molar-refractivity contribution in [1.29, 1.82) is 0 Å². The van der Waals surface area contributed by atoms with Gasteiger partial charge in [-0.25, -0.2) is 23.1 Å². The molecule has 0 unspecified atom stereocenters. The van der Waals surface area contributed by atoms with Crippen molar-refractivity contribution in [3.8, 4) is 5.75 Å². The van der Waals surface area contributed by atoms with E-state index in [1.54, 1.807) is 17.7 Å². The topological polar surface area (TPSA) is 81.5 Å². The van der Waals surface area contributed by atoms with Crippen LogP contribution in [0.4, 0.5) is 19.0 Å². The molecule has 238 valence electrons. The van der Waals surface area contributed by atoms with E-state index in [1.807, 2.05) is 0 Å². The second-order valence-corrected chi connectivity index (χ2v) is 12.4. The summed E-state index contributed by atoms with van der Waals surface area (Å²) in [5.41, 5.74) is -0.304. The lowest BCUT2D eigenvalue weighted by molar-refractivity contribution is -0.0880. The van der Waals surface area contributed by atoms with E-state index in [-0.39, 0.29) is 22.9 Å². The van der Waals surface area contributed by atoms with E-state index in [0.717, 1.165) is 38.6 Å². The van der Waals surface area contributed by atoms with E-state index in [2.05, 4.69) is 20.2 Å². The molecule has 2 fully saturated rings. The van der Waals surface area contributed by atoms with Gasteiger partial charge < -0.3 is 24.3 Å². The second-order valence-electron chi connectivity index (χ2n) is 12.4. The van der Waals surface area contributed by atoms with Crippen LogP contribution < -0.4 is 15.6 Å². The van der Waals surface area contributed by atoms with E-state index in [0.29, 0.717) is 75.3 Å². The standard InChI is InChI=1S/C33H42F3N5O3/c1-22-25-8-7-9-27(28(25)34)33(35,36)23-10-15-40(16-11-23)14-5-3-2-4-6-17-44-30-29-26(31(39-22)38-21-37-29)20-41(32(30)42)24-12-18-43-19-13-24/h7-9,20-24H,2-6,10-19H2,1H3,(H,37,38,39)/t22-/m1/s1. The quantitative estimate of drug-likeness (QED) is 0.331. The van der Waals surface area contributed by atoms with Crippen LogP contribution in [0.3, 0.4) is 0 Å². The molecule has 6 heterocycles. The van der Waals surface area contributed by atoms with Gasteiger partial charge in [0.25, 0.3) is 11.5 Å². The molecule has 2 saturated heterocycles. The van der Waals surface area contributed by atoms with E-state index in [4.69, 9.17) is 9.47 Å². The van der Waals surface area contributed by atoms with E-state index in [1.165, 1.54) is 24.5 Å². The fraction of sp³-hybridized carbons (Fsp3) is 0.606. The first kappa shape index (κ1) is 30.8. The lowest BCUT2D eigenvalue weighted by Gasteiger charge is -2.36. The summed E-state index contributed by atoms with van der Waals surface area (Å²) in [6.45, 7) is 5.30. The number of alkyl halides is 2. The van der Waals surface area contributed by atoms with Gasteiger partial charge in [0.05, 0.1) is 23.6 Å². The zero-order valence-electron chi connectivity index (χ0n) is 25.4. The van der Waals surface area contributed by atoms with Gasteiger partial charge in [-0.1, -0.05) is 37.5 Å². The molecular weight excluding hydrogens is 571 g/mol. The maximum atomic E-state index is 16.0. The third-order valence-electron chi connectivity index (χ3n) is 9.55. The second kappa shape index (κ2) is 13.4. The lowest BCUT2D eigenvalue weighted by Crippen LogP contribution is -2.40. The largest absolute Gasteiger partial charge is 0.486 e.